The average Bonchev–Trinajstić information content (AvgIpc) is 3.05. The highest BCUT2D eigenvalue weighted by molar-refractivity contribution is 7.12. The van der Waals surface area contributed by atoms with Crippen LogP contribution in [-0.4, -0.2) is 35.1 Å². The van der Waals surface area contributed by atoms with E-state index in [0.29, 0.717) is 10.9 Å². The summed E-state index contributed by atoms with van der Waals surface area (Å²) < 4.78 is 0. The smallest absolute Gasteiger partial charge is 0.275 e. The van der Waals surface area contributed by atoms with E-state index >= 15 is 0 Å². The van der Waals surface area contributed by atoms with Crippen LogP contribution in [-0.2, 0) is 6.54 Å². The van der Waals surface area contributed by atoms with Crippen LogP contribution in [0, 0.1) is 0 Å². The molecule has 0 spiro atoms. The van der Waals surface area contributed by atoms with Gasteiger partial charge in [-0.25, -0.2) is 5.84 Å². The largest absolute Gasteiger partial charge is 0.396 e. The molecule has 1 atom stereocenters. The van der Waals surface area contributed by atoms with Gasteiger partial charge in [-0.3, -0.25) is 15.1 Å². The second-order valence-electron chi connectivity index (χ2n) is 4.88. The lowest BCUT2D eigenvalue weighted by Gasteiger charge is -2.24. The number of thiophene rings is 1. The van der Waals surface area contributed by atoms with Gasteiger partial charge in [-0.15, -0.1) is 11.3 Å². The number of hydrazine groups is 1. The van der Waals surface area contributed by atoms with E-state index in [-0.39, 0.29) is 12.5 Å². The molecule has 106 valence electrons. The van der Waals surface area contributed by atoms with Crippen molar-refractivity contribution in [2.75, 3.05) is 13.2 Å². The summed E-state index contributed by atoms with van der Waals surface area (Å²) in [5.41, 5.74) is 3.24. The van der Waals surface area contributed by atoms with Crippen molar-refractivity contribution in [1.29, 1.82) is 0 Å². The Balaban J connectivity index is 2.00. The molecule has 1 saturated heterocycles. The van der Waals surface area contributed by atoms with E-state index in [1.54, 1.807) is 0 Å². The molecule has 1 aromatic heterocycles. The number of nitrogens with two attached hydrogens (primary N) is 1. The molecule has 2 heterocycles. The second kappa shape index (κ2) is 7.00. The molecular weight excluding hydrogens is 262 g/mol. The lowest BCUT2D eigenvalue weighted by Crippen LogP contribution is -2.32. The zero-order valence-corrected chi connectivity index (χ0v) is 11.8. The van der Waals surface area contributed by atoms with Crippen molar-refractivity contribution in [3.8, 4) is 0 Å². The fourth-order valence-electron chi connectivity index (χ4n) is 2.70. The number of carbonyl (C=O) groups excluding carboxylic acids is 1. The third-order valence-corrected chi connectivity index (χ3v) is 4.61. The van der Waals surface area contributed by atoms with Gasteiger partial charge in [-0.05, 0) is 49.2 Å². The van der Waals surface area contributed by atoms with Gasteiger partial charge in [0.2, 0.25) is 0 Å². The first kappa shape index (κ1) is 14.5. The Labute approximate surface area is 117 Å². The van der Waals surface area contributed by atoms with Crippen LogP contribution in [0.2, 0.25) is 0 Å². The minimum atomic E-state index is -0.212. The molecule has 1 aliphatic heterocycles. The Bertz CT molecular complexity index is 422. The molecule has 1 aliphatic rings. The molecule has 2 rings (SSSR count). The molecule has 1 aromatic rings. The lowest BCUT2D eigenvalue weighted by atomic mass is 10.1. The van der Waals surface area contributed by atoms with Gasteiger partial charge in [0.05, 0.1) is 4.88 Å². The molecule has 1 amide bonds. The van der Waals surface area contributed by atoms with Crippen LogP contribution >= 0.6 is 11.3 Å². The first-order valence-corrected chi connectivity index (χ1v) is 7.56. The number of hydrogen-bond donors (Lipinski definition) is 3. The van der Waals surface area contributed by atoms with Crippen molar-refractivity contribution in [3.63, 3.8) is 0 Å². The van der Waals surface area contributed by atoms with Crippen LogP contribution in [0.15, 0.2) is 11.4 Å². The van der Waals surface area contributed by atoms with E-state index in [9.17, 15) is 4.79 Å². The first-order chi connectivity index (χ1) is 9.26. The number of carbonyl (C=O) groups is 1. The Morgan fingerprint density at radius 1 is 1.63 bits per heavy atom. The first-order valence-electron chi connectivity index (χ1n) is 6.68. The molecule has 4 N–H and O–H groups in total. The van der Waals surface area contributed by atoms with Crippen molar-refractivity contribution in [2.24, 2.45) is 5.84 Å². The van der Waals surface area contributed by atoms with Crippen LogP contribution in [0.25, 0.3) is 0 Å². The van der Waals surface area contributed by atoms with Gasteiger partial charge in [0.25, 0.3) is 5.91 Å². The quantitative estimate of drug-likeness (QED) is 0.415. The van der Waals surface area contributed by atoms with Crippen molar-refractivity contribution >= 4 is 17.2 Å². The topological polar surface area (TPSA) is 78.6 Å². The molecule has 6 heteroatoms. The molecule has 1 fully saturated rings. The van der Waals surface area contributed by atoms with E-state index < -0.39 is 0 Å². The van der Waals surface area contributed by atoms with Crippen LogP contribution in [0.1, 0.15) is 40.9 Å². The molecule has 0 saturated carbocycles. The molecule has 0 bridgehead atoms. The minimum absolute atomic E-state index is 0.212. The summed E-state index contributed by atoms with van der Waals surface area (Å²) in [5.74, 6) is 4.99. The summed E-state index contributed by atoms with van der Waals surface area (Å²) in [7, 11) is 0. The highest BCUT2D eigenvalue weighted by Gasteiger charge is 2.25. The number of aliphatic hydroxyl groups is 1. The number of aliphatic hydroxyl groups excluding tert-OH is 1. The standard InChI is InChI=1S/C13H21N3O2S/c14-15-13(18)12-10(5-8-19-12)9-16-6-1-3-11(16)4-2-7-17/h5,8,11,17H,1-4,6-7,9,14H2,(H,15,18). The van der Waals surface area contributed by atoms with Crippen molar-refractivity contribution < 1.29 is 9.90 Å². The number of nitrogen functional groups attached to an aromatic ring is 1. The highest BCUT2D eigenvalue weighted by atomic mass is 32.1. The Morgan fingerprint density at radius 2 is 2.47 bits per heavy atom. The summed E-state index contributed by atoms with van der Waals surface area (Å²) in [5, 5.41) is 10.9. The van der Waals surface area contributed by atoms with E-state index in [4.69, 9.17) is 10.9 Å². The van der Waals surface area contributed by atoms with Gasteiger partial charge in [0.1, 0.15) is 0 Å². The summed E-state index contributed by atoms with van der Waals surface area (Å²) in [6, 6.07) is 2.53. The Hall–Kier alpha value is -0.950. The highest BCUT2D eigenvalue weighted by Crippen LogP contribution is 2.26. The third kappa shape index (κ3) is 3.54. The van der Waals surface area contributed by atoms with Crippen LogP contribution in [0.4, 0.5) is 0 Å². The van der Waals surface area contributed by atoms with Gasteiger partial charge in [0, 0.05) is 19.2 Å². The second-order valence-corrected chi connectivity index (χ2v) is 5.80. The summed E-state index contributed by atoms with van der Waals surface area (Å²) in [4.78, 5) is 14.8. The number of hydrogen-bond acceptors (Lipinski definition) is 5. The fourth-order valence-corrected chi connectivity index (χ4v) is 3.52. The molecular formula is C13H21N3O2S. The monoisotopic (exact) mass is 283 g/mol. The number of nitrogens with zero attached hydrogens (tertiary/aromatic N) is 1. The molecule has 0 aromatic carbocycles. The maximum atomic E-state index is 11.6. The Kier molecular flexibility index (Phi) is 5.33. The van der Waals surface area contributed by atoms with Gasteiger partial charge in [-0.2, -0.15) is 0 Å². The number of nitrogens with one attached hydrogen (secondary N) is 1. The van der Waals surface area contributed by atoms with Crippen LogP contribution in [0.3, 0.4) is 0 Å². The van der Waals surface area contributed by atoms with E-state index in [0.717, 1.165) is 31.5 Å². The normalized spacial score (nSPS) is 19.8. The Morgan fingerprint density at radius 3 is 3.21 bits per heavy atom. The molecule has 0 radical (unpaired) electrons. The van der Waals surface area contributed by atoms with Gasteiger partial charge in [-0.1, -0.05) is 0 Å². The third-order valence-electron chi connectivity index (χ3n) is 3.65. The SMILES string of the molecule is NNC(=O)c1sccc1CN1CCCC1CCCO. The number of amides is 1. The fraction of sp³-hybridized carbons (Fsp3) is 0.615. The van der Waals surface area contributed by atoms with Crippen LogP contribution in [0.5, 0.6) is 0 Å². The molecule has 19 heavy (non-hydrogen) atoms. The lowest BCUT2D eigenvalue weighted by molar-refractivity contribution is 0.0955. The summed E-state index contributed by atoms with van der Waals surface area (Å²) in [6.45, 7) is 2.11. The zero-order chi connectivity index (χ0) is 13.7. The minimum Gasteiger partial charge on any atom is -0.396 e. The maximum absolute atomic E-state index is 11.6. The maximum Gasteiger partial charge on any atom is 0.275 e. The van der Waals surface area contributed by atoms with E-state index in [1.807, 2.05) is 11.4 Å². The van der Waals surface area contributed by atoms with Crippen molar-refractivity contribution in [1.82, 2.24) is 10.3 Å². The van der Waals surface area contributed by atoms with Crippen molar-refractivity contribution in [2.45, 2.75) is 38.3 Å². The molecule has 0 aliphatic carbocycles. The van der Waals surface area contributed by atoms with E-state index in [1.165, 1.54) is 24.2 Å². The van der Waals surface area contributed by atoms with Gasteiger partial charge in [0.15, 0.2) is 0 Å². The van der Waals surface area contributed by atoms with Gasteiger partial charge >= 0.3 is 0 Å². The summed E-state index contributed by atoms with van der Waals surface area (Å²) >= 11 is 1.43. The predicted octanol–water partition coefficient (Wildman–Crippen LogP) is 1.09. The number of likely N-dealkylation sites (tertiary alicyclic amines) is 1. The average molecular weight is 283 g/mol. The zero-order valence-electron chi connectivity index (χ0n) is 11.0. The van der Waals surface area contributed by atoms with E-state index in [2.05, 4.69) is 10.3 Å². The number of rotatable bonds is 6. The van der Waals surface area contributed by atoms with Gasteiger partial charge < -0.3 is 5.11 Å². The van der Waals surface area contributed by atoms with Crippen molar-refractivity contribution in [3.05, 3.63) is 21.9 Å². The van der Waals surface area contributed by atoms with Crippen LogP contribution < -0.4 is 11.3 Å². The summed E-state index contributed by atoms with van der Waals surface area (Å²) in [6.07, 6.45) is 4.25. The predicted molar refractivity (Wildman–Crippen MR) is 75.7 cm³/mol. The molecule has 1 unspecified atom stereocenters. The molecule has 5 nitrogen and oxygen atoms in total.